The summed E-state index contributed by atoms with van der Waals surface area (Å²) in [5.74, 6) is 1.05. The average Bonchev–Trinajstić information content (AvgIpc) is 2.44. The number of para-hydroxylation sites is 1. The molecule has 1 aliphatic heterocycles. The highest BCUT2D eigenvalue weighted by Crippen LogP contribution is 2.32. The number of hydrogen-bond acceptors (Lipinski definition) is 3. The SMILES string of the molecule is CCC(C)N(CC)Cc1cccc2c1OCCN2. The summed E-state index contributed by atoms with van der Waals surface area (Å²) in [6.07, 6.45) is 1.18. The first-order chi connectivity index (χ1) is 8.76. The molecular formula is C15H24N2O. The van der Waals surface area contributed by atoms with Crippen LogP contribution in [0.1, 0.15) is 32.8 Å². The van der Waals surface area contributed by atoms with Crippen molar-refractivity contribution in [3.05, 3.63) is 23.8 Å². The van der Waals surface area contributed by atoms with E-state index in [4.69, 9.17) is 4.74 Å². The number of hydrogen-bond donors (Lipinski definition) is 1. The van der Waals surface area contributed by atoms with Gasteiger partial charge in [0.05, 0.1) is 5.69 Å². The van der Waals surface area contributed by atoms with E-state index in [-0.39, 0.29) is 0 Å². The van der Waals surface area contributed by atoms with Crippen molar-refractivity contribution >= 4 is 5.69 Å². The van der Waals surface area contributed by atoms with E-state index in [1.165, 1.54) is 12.0 Å². The molecule has 1 heterocycles. The molecule has 3 nitrogen and oxygen atoms in total. The van der Waals surface area contributed by atoms with Crippen LogP contribution >= 0.6 is 0 Å². The lowest BCUT2D eigenvalue weighted by atomic mass is 10.1. The second-order valence-corrected chi connectivity index (χ2v) is 4.89. The molecule has 0 spiro atoms. The first-order valence-electron chi connectivity index (χ1n) is 6.98. The van der Waals surface area contributed by atoms with Crippen molar-refractivity contribution in [1.82, 2.24) is 4.90 Å². The molecule has 1 unspecified atom stereocenters. The molecule has 0 bridgehead atoms. The molecule has 1 N–H and O–H groups in total. The minimum atomic E-state index is 0.613. The van der Waals surface area contributed by atoms with E-state index in [0.717, 1.165) is 37.7 Å². The highest BCUT2D eigenvalue weighted by molar-refractivity contribution is 5.61. The summed E-state index contributed by atoms with van der Waals surface area (Å²) in [5.41, 5.74) is 2.43. The lowest BCUT2D eigenvalue weighted by molar-refractivity contribution is 0.202. The van der Waals surface area contributed by atoms with Gasteiger partial charge in [-0.1, -0.05) is 26.0 Å². The maximum atomic E-state index is 5.82. The van der Waals surface area contributed by atoms with Gasteiger partial charge in [0, 0.05) is 24.7 Å². The maximum absolute atomic E-state index is 5.82. The van der Waals surface area contributed by atoms with Gasteiger partial charge in [-0.2, -0.15) is 0 Å². The fourth-order valence-electron chi connectivity index (χ4n) is 2.41. The molecule has 3 heteroatoms. The summed E-state index contributed by atoms with van der Waals surface area (Å²) in [5, 5.41) is 3.39. The predicted molar refractivity (Wildman–Crippen MR) is 76.3 cm³/mol. The van der Waals surface area contributed by atoms with Crippen LogP contribution in [0.4, 0.5) is 5.69 Å². The molecule has 18 heavy (non-hydrogen) atoms. The zero-order chi connectivity index (χ0) is 13.0. The molecule has 1 aliphatic rings. The van der Waals surface area contributed by atoms with Crippen molar-refractivity contribution in [2.24, 2.45) is 0 Å². The van der Waals surface area contributed by atoms with E-state index in [1.54, 1.807) is 0 Å². The van der Waals surface area contributed by atoms with Gasteiger partial charge in [-0.3, -0.25) is 4.90 Å². The number of fused-ring (bicyclic) bond motifs is 1. The van der Waals surface area contributed by atoms with Gasteiger partial charge in [-0.05, 0) is 26.0 Å². The zero-order valence-electron chi connectivity index (χ0n) is 11.7. The number of ether oxygens (including phenoxy) is 1. The van der Waals surface area contributed by atoms with E-state index in [0.29, 0.717) is 6.04 Å². The van der Waals surface area contributed by atoms with Gasteiger partial charge in [0.1, 0.15) is 12.4 Å². The number of nitrogens with one attached hydrogen (secondary N) is 1. The smallest absolute Gasteiger partial charge is 0.146 e. The largest absolute Gasteiger partial charge is 0.489 e. The monoisotopic (exact) mass is 248 g/mol. The summed E-state index contributed by atoms with van der Waals surface area (Å²) < 4.78 is 5.82. The summed E-state index contributed by atoms with van der Waals surface area (Å²) in [6.45, 7) is 10.5. The lowest BCUT2D eigenvalue weighted by Crippen LogP contribution is -2.32. The Labute approximate surface area is 110 Å². The lowest BCUT2D eigenvalue weighted by Gasteiger charge is -2.29. The van der Waals surface area contributed by atoms with E-state index >= 15 is 0 Å². The second kappa shape index (κ2) is 6.10. The Kier molecular flexibility index (Phi) is 4.48. The highest BCUT2D eigenvalue weighted by Gasteiger charge is 2.17. The molecule has 0 amide bonds. The van der Waals surface area contributed by atoms with Gasteiger partial charge in [0.2, 0.25) is 0 Å². The maximum Gasteiger partial charge on any atom is 0.146 e. The summed E-state index contributed by atoms with van der Waals surface area (Å²) in [7, 11) is 0. The molecule has 1 aromatic rings. The Hall–Kier alpha value is -1.22. The van der Waals surface area contributed by atoms with Gasteiger partial charge in [-0.15, -0.1) is 0 Å². The van der Waals surface area contributed by atoms with Crippen molar-refractivity contribution in [1.29, 1.82) is 0 Å². The Balaban J connectivity index is 2.18. The van der Waals surface area contributed by atoms with Gasteiger partial charge >= 0.3 is 0 Å². The highest BCUT2D eigenvalue weighted by atomic mass is 16.5. The third-order valence-electron chi connectivity index (χ3n) is 3.75. The van der Waals surface area contributed by atoms with Gasteiger partial charge < -0.3 is 10.1 Å². The van der Waals surface area contributed by atoms with E-state index in [2.05, 4.69) is 49.2 Å². The Morgan fingerprint density at radius 1 is 1.39 bits per heavy atom. The summed E-state index contributed by atoms with van der Waals surface area (Å²) in [6, 6.07) is 7.00. The minimum Gasteiger partial charge on any atom is -0.489 e. The van der Waals surface area contributed by atoms with Gasteiger partial charge in [0.15, 0.2) is 0 Å². The van der Waals surface area contributed by atoms with Crippen LogP contribution in [-0.2, 0) is 6.54 Å². The molecular weight excluding hydrogens is 224 g/mol. The molecule has 0 saturated heterocycles. The zero-order valence-corrected chi connectivity index (χ0v) is 11.7. The van der Waals surface area contributed by atoms with Gasteiger partial charge in [0.25, 0.3) is 0 Å². The number of nitrogens with zero attached hydrogens (tertiary/aromatic N) is 1. The first kappa shape index (κ1) is 13.2. The van der Waals surface area contributed by atoms with Crippen molar-refractivity contribution < 1.29 is 4.74 Å². The fraction of sp³-hybridized carbons (Fsp3) is 0.600. The summed E-state index contributed by atoms with van der Waals surface area (Å²) >= 11 is 0. The molecule has 100 valence electrons. The van der Waals surface area contributed by atoms with Gasteiger partial charge in [-0.25, -0.2) is 0 Å². The van der Waals surface area contributed by atoms with Crippen LogP contribution in [-0.4, -0.2) is 30.6 Å². The van der Waals surface area contributed by atoms with Crippen LogP contribution in [0.5, 0.6) is 5.75 Å². The number of benzene rings is 1. The van der Waals surface area contributed by atoms with Crippen LogP contribution in [0.2, 0.25) is 0 Å². The molecule has 2 rings (SSSR count). The number of anilines is 1. The Morgan fingerprint density at radius 3 is 2.94 bits per heavy atom. The molecule has 1 aromatic carbocycles. The first-order valence-corrected chi connectivity index (χ1v) is 6.98. The van der Waals surface area contributed by atoms with Crippen LogP contribution in [0.15, 0.2) is 18.2 Å². The third kappa shape index (κ3) is 2.78. The quantitative estimate of drug-likeness (QED) is 0.866. The number of rotatable bonds is 5. The van der Waals surface area contributed by atoms with Crippen molar-refractivity contribution in [2.75, 3.05) is 25.0 Å². The topological polar surface area (TPSA) is 24.5 Å². The predicted octanol–water partition coefficient (Wildman–Crippen LogP) is 3.11. The third-order valence-corrected chi connectivity index (χ3v) is 3.75. The van der Waals surface area contributed by atoms with E-state index < -0.39 is 0 Å². The Bertz CT molecular complexity index is 392. The van der Waals surface area contributed by atoms with E-state index in [9.17, 15) is 0 Å². The molecule has 1 atom stereocenters. The van der Waals surface area contributed by atoms with Crippen molar-refractivity contribution in [3.8, 4) is 5.75 Å². The van der Waals surface area contributed by atoms with Crippen molar-refractivity contribution in [2.45, 2.75) is 39.8 Å². The molecule has 0 fully saturated rings. The van der Waals surface area contributed by atoms with Crippen LogP contribution in [0, 0.1) is 0 Å². The van der Waals surface area contributed by atoms with E-state index in [1.807, 2.05) is 0 Å². The summed E-state index contributed by atoms with van der Waals surface area (Å²) in [4.78, 5) is 2.49. The second-order valence-electron chi connectivity index (χ2n) is 4.89. The molecule has 0 aromatic heterocycles. The standard InChI is InChI=1S/C15H24N2O/c1-4-12(3)17(5-2)11-13-7-6-8-14-15(13)18-10-9-16-14/h6-8,12,16H,4-5,9-11H2,1-3H3. The fourth-order valence-corrected chi connectivity index (χ4v) is 2.41. The minimum absolute atomic E-state index is 0.613. The molecule has 0 aliphatic carbocycles. The normalized spacial score (nSPS) is 15.8. The van der Waals surface area contributed by atoms with Crippen LogP contribution in [0.3, 0.4) is 0 Å². The molecule has 0 saturated carbocycles. The van der Waals surface area contributed by atoms with Crippen LogP contribution in [0.25, 0.3) is 0 Å². The average molecular weight is 248 g/mol. The Morgan fingerprint density at radius 2 is 2.22 bits per heavy atom. The van der Waals surface area contributed by atoms with Crippen molar-refractivity contribution in [3.63, 3.8) is 0 Å². The molecule has 0 radical (unpaired) electrons. The van der Waals surface area contributed by atoms with Crippen LogP contribution < -0.4 is 10.1 Å².